The molecule has 0 bridgehead atoms. The van der Waals surface area contributed by atoms with Gasteiger partial charge in [-0.1, -0.05) is 6.92 Å². The summed E-state index contributed by atoms with van der Waals surface area (Å²) in [7, 11) is 0. The Kier molecular flexibility index (Phi) is 4.06. The second-order valence-corrected chi connectivity index (χ2v) is 3.16. The molecule has 0 spiro atoms. The zero-order valence-electron chi connectivity index (χ0n) is 8.03. The van der Waals surface area contributed by atoms with Crippen LogP contribution in [0.3, 0.4) is 0 Å². The predicted octanol–water partition coefficient (Wildman–Crippen LogP) is -0.447. The molecule has 3 N–H and O–H groups in total. The summed E-state index contributed by atoms with van der Waals surface area (Å²) in [6, 6.07) is 0. The summed E-state index contributed by atoms with van der Waals surface area (Å²) < 4.78 is 0. The molecule has 0 radical (unpaired) electrons. The molecule has 1 amide bonds. The number of amides is 1. The van der Waals surface area contributed by atoms with Gasteiger partial charge in [0.1, 0.15) is 6.33 Å². The molecule has 1 rings (SSSR count). The van der Waals surface area contributed by atoms with E-state index in [2.05, 4.69) is 20.5 Å². The Bertz CT molecular complexity index is 273. The summed E-state index contributed by atoms with van der Waals surface area (Å²) in [6.45, 7) is 2.62. The highest BCUT2D eigenvalue weighted by molar-refractivity contribution is 5.90. The van der Waals surface area contributed by atoms with Gasteiger partial charge in [0.05, 0.1) is 0 Å². The third-order valence-corrected chi connectivity index (χ3v) is 1.86. The molecule has 1 aromatic heterocycles. The Morgan fingerprint density at radius 2 is 2.57 bits per heavy atom. The Morgan fingerprint density at radius 1 is 1.79 bits per heavy atom. The molecule has 14 heavy (non-hydrogen) atoms. The molecule has 0 aliphatic carbocycles. The molecule has 6 nitrogen and oxygen atoms in total. The van der Waals surface area contributed by atoms with Gasteiger partial charge in [0, 0.05) is 13.2 Å². The lowest BCUT2D eigenvalue weighted by Crippen LogP contribution is -2.29. The maximum absolute atomic E-state index is 11.3. The summed E-state index contributed by atoms with van der Waals surface area (Å²) in [4.78, 5) is 15.0. The van der Waals surface area contributed by atoms with Crippen LogP contribution in [-0.2, 0) is 0 Å². The minimum atomic E-state index is -0.271. The molecular formula is C8H14N4O2. The molecule has 1 unspecified atom stereocenters. The Balaban J connectivity index is 2.28. The van der Waals surface area contributed by atoms with Crippen LogP contribution in [0.4, 0.5) is 0 Å². The first-order chi connectivity index (χ1) is 6.74. The van der Waals surface area contributed by atoms with E-state index in [1.807, 2.05) is 6.92 Å². The Hall–Kier alpha value is -1.43. The van der Waals surface area contributed by atoms with Gasteiger partial charge in [-0.2, -0.15) is 5.10 Å². The van der Waals surface area contributed by atoms with Gasteiger partial charge >= 0.3 is 0 Å². The van der Waals surface area contributed by atoms with Crippen molar-refractivity contribution >= 4 is 5.91 Å². The van der Waals surface area contributed by atoms with Gasteiger partial charge in [-0.3, -0.25) is 9.89 Å². The van der Waals surface area contributed by atoms with Gasteiger partial charge in [0.25, 0.3) is 5.91 Å². The zero-order valence-corrected chi connectivity index (χ0v) is 8.03. The van der Waals surface area contributed by atoms with E-state index in [1.165, 1.54) is 6.33 Å². The third kappa shape index (κ3) is 3.14. The molecule has 0 saturated carbocycles. The largest absolute Gasteiger partial charge is 0.396 e. The number of H-pyrrole nitrogens is 1. The second-order valence-electron chi connectivity index (χ2n) is 3.16. The fraction of sp³-hybridized carbons (Fsp3) is 0.625. The number of aliphatic hydroxyl groups excluding tert-OH is 1. The number of aromatic nitrogens is 3. The van der Waals surface area contributed by atoms with Crippen LogP contribution in [0.25, 0.3) is 0 Å². The SMILES string of the molecule is CC(CCO)CNC(=O)c1ncn[nH]1. The van der Waals surface area contributed by atoms with Crippen LogP contribution in [0.2, 0.25) is 0 Å². The van der Waals surface area contributed by atoms with Crippen LogP contribution in [0, 0.1) is 5.92 Å². The van der Waals surface area contributed by atoms with Crippen molar-refractivity contribution < 1.29 is 9.90 Å². The average molecular weight is 198 g/mol. The van der Waals surface area contributed by atoms with Crippen molar-refractivity contribution in [2.75, 3.05) is 13.2 Å². The molecule has 1 aromatic rings. The highest BCUT2D eigenvalue weighted by Crippen LogP contribution is 1.98. The van der Waals surface area contributed by atoms with Crippen molar-refractivity contribution in [3.8, 4) is 0 Å². The van der Waals surface area contributed by atoms with Crippen molar-refractivity contribution in [1.29, 1.82) is 0 Å². The number of hydrogen-bond acceptors (Lipinski definition) is 4. The van der Waals surface area contributed by atoms with E-state index in [-0.39, 0.29) is 24.3 Å². The molecule has 0 aliphatic rings. The first kappa shape index (κ1) is 10.6. The number of hydrogen-bond donors (Lipinski definition) is 3. The fourth-order valence-electron chi connectivity index (χ4n) is 0.988. The van der Waals surface area contributed by atoms with Gasteiger partial charge in [-0.15, -0.1) is 0 Å². The van der Waals surface area contributed by atoms with E-state index < -0.39 is 0 Å². The van der Waals surface area contributed by atoms with Crippen LogP contribution in [0.15, 0.2) is 6.33 Å². The highest BCUT2D eigenvalue weighted by atomic mass is 16.3. The number of nitrogens with zero attached hydrogens (tertiary/aromatic N) is 2. The van der Waals surface area contributed by atoms with Gasteiger partial charge in [0.2, 0.25) is 5.82 Å². The first-order valence-electron chi connectivity index (χ1n) is 4.48. The maximum Gasteiger partial charge on any atom is 0.288 e. The summed E-state index contributed by atoms with van der Waals surface area (Å²) in [5, 5.41) is 17.4. The van der Waals surface area contributed by atoms with E-state index in [4.69, 9.17) is 5.11 Å². The summed E-state index contributed by atoms with van der Waals surface area (Å²) in [6.07, 6.45) is 1.96. The lowest BCUT2D eigenvalue weighted by molar-refractivity contribution is 0.0935. The number of carbonyl (C=O) groups excluding carboxylic acids is 1. The lowest BCUT2D eigenvalue weighted by atomic mass is 10.1. The van der Waals surface area contributed by atoms with E-state index in [0.717, 1.165) is 0 Å². The quantitative estimate of drug-likeness (QED) is 0.597. The van der Waals surface area contributed by atoms with Crippen LogP contribution < -0.4 is 5.32 Å². The molecule has 0 saturated heterocycles. The molecule has 0 aromatic carbocycles. The van der Waals surface area contributed by atoms with Gasteiger partial charge < -0.3 is 10.4 Å². The maximum atomic E-state index is 11.3. The molecule has 78 valence electrons. The smallest absolute Gasteiger partial charge is 0.288 e. The number of aliphatic hydroxyl groups is 1. The van der Waals surface area contributed by atoms with Crippen LogP contribution >= 0.6 is 0 Å². The first-order valence-corrected chi connectivity index (χ1v) is 4.48. The molecule has 6 heteroatoms. The van der Waals surface area contributed by atoms with Crippen LogP contribution in [0.5, 0.6) is 0 Å². The highest BCUT2D eigenvalue weighted by Gasteiger charge is 2.09. The normalized spacial score (nSPS) is 12.4. The van der Waals surface area contributed by atoms with E-state index in [1.54, 1.807) is 0 Å². The predicted molar refractivity (Wildman–Crippen MR) is 49.6 cm³/mol. The topological polar surface area (TPSA) is 90.9 Å². The van der Waals surface area contributed by atoms with Gasteiger partial charge in [0.15, 0.2) is 0 Å². The number of nitrogens with one attached hydrogen (secondary N) is 2. The molecule has 0 fully saturated rings. The monoisotopic (exact) mass is 198 g/mol. The fourth-order valence-corrected chi connectivity index (χ4v) is 0.988. The summed E-state index contributed by atoms with van der Waals surface area (Å²) in [5.74, 6) is 0.195. The zero-order chi connectivity index (χ0) is 10.4. The molecule has 0 aliphatic heterocycles. The number of rotatable bonds is 5. The Labute approximate surface area is 81.7 Å². The average Bonchev–Trinajstić information content (AvgIpc) is 2.67. The van der Waals surface area contributed by atoms with Gasteiger partial charge in [-0.05, 0) is 12.3 Å². The lowest BCUT2D eigenvalue weighted by Gasteiger charge is -2.09. The van der Waals surface area contributed by atoms with Gasteiger partial charge in [-0.25, -0.2) is 4.98 Å². The van der Waals surface area contributed by atoms with Crippen molar-refractivity contribution in [3.05, 3.63) is 12.2 Å². The molecule has 1 atom stereocenters. The van der Waals surface area contributed by atoms with Crippen LogP contribution in [0.1, 0.15) is 24.0 Å². The van der Waals surface area contributed by atoms with E-state index in [9.17, 15) is 4.79 Å². The van der Waals surface area contributed by atoms with Crippen molar-refractivity contribution in [3.63, 3.8) is 0 Å². The number of aromatic amines is 1. The molecule has 1 heterocycles. The van der Waals surface area contributed by atoms with Crippen molar-refractivity contribution in [2.45, 2.75) is 13.3 Å². The summed E-state index contributed by atoms with van der Waals surface area (Å²) >= 11 is 0. The molecular weight excluding hydrogens is 184 g/mol. The van der Waals surface area contributed by atoms with Crippen molar-refractivity contribution in [1.82, 2.24) is 20.5 Å². The van der Waals surface area contributed by atoms with Crippen molar-refractivity contribution in [2.24, 2.45) is 5.92 Å². The minimum absolute atomic E-state index is 0.138. The second kappa shape index (κ2) is 5.33. The third-order valence-electron chi connectivity index (χ3n) is 1.86. The summed E-state index contributed by atoms with van der Waals surface area (Å²) in [5.41, 5.74) is 0. The van der Waals surface area contributed by atoms with E-state index >= 15 is 0 Å². The van der Waals surface area contributed by atoms with Crippen LogP contribution in [-0.4, -0.2) is 39.3 Å². The Morgan fingerprint density at radius 3 is 3.14 bits per heavy atom. The number of carbonyl (C=O) groups is 1. The standard InChI is InChI=1S/C8H14N4O2/c1-6(2-3-13)4-9-8(14)7-10-5-11-12-7/h5-6,13H,2-4H2,1H3,(H,9,14)(H,10,11,12). The minimum Gasteiger partial charge on any atom is -0.396 e. The van der Waals surface area contributed by atoms with E-state index in [0.29, 0.717) is 13.0 Å².